The van der Waals surface area contributed by atoms with E-state index in [1.54, 1.807) is 36.2 Å². The first-order valence-corrected chi connectivity index (χ1v) is 9.51. The van der Waals surface area contributed by atoms with E-state index < -0.39 is 0 Å². The third-order valence-electron chi connectivity index (χ3n) is 4.57. The number of hydrogen-bond donors (Lipinski definition) is 1. The molecule has 0 aliphatic carbocycles. The van der Waals surface area contributed by atoms with Crippen LogP contribution in [-0.2, 0) is 11.2 Å². The van der Waals surface area contributed by atoms with Crippen LogP contribution in [0.3, 0.4) is 0 Å². The van der Waals surface area contributed by atoms with Crippen molar-refractivity contribution >= 4 is 23.2 Å². The first kappa shape index (κ1) is 20.1. The Morgan fingerprint density at radius 3 is 2.17 bits per heavy atom. The number of ether oxygens (including phenoxy) is 1. The van der Waals surface area contributed by atoms with Gasteiger partial charge in [0, 0.05) is 24.0 Å². The number of hydrogen-bond acceptors (Lipinski definition) is 3. The van der Waals surface area contributed by atoms with E-state index in [1.165, 1.54) is 5.56 Å². The Hall–Kier alpha value is -3.60. The molecule has 0 atom stereocenters. The largest absolute Gasteiger partial charge is 0.484 e. The van der Waals surface area contributed by atoms with Gasteiger partial charge in [-0.05, 0) is 60.5 Å². The van der Waals surface area contributed by atoms with Gasteiger partial charge in [0.2, 0.25) is 0 Å². The maximum Gasteiger partial charge on any atom is 0.262 e. The van der Waals surface area contributed by atoms with Gasteiger partial charge in [0.25, 0.3) is 11.8 Å². The zero-order chi connectivity index (χ0) is 20.6. The Labute approximate surface area is 170 Å². The van der Waals surface area contributed by atoms with Gasteiger partial charge in [0.05, 0.1) is 0 Å². The lowest BCUT2D eigenvalue weighted by atomic mass is 10.1. The molecule has 0 bridgehead atoms. The summed E-state index contributed by atoms with van der Waals surface area (Å²) in [6.07, 6.45) is 0.959. The van der Waals surface area contributed by atoms with E-state index in [0.717, 1.165) is 12.1 Å². The van der Waals surface area contributed by atoms with Crippen LogP contribution in [0.2, 0.25) is 0 Å². The van der Waals surface area contributed by atoms with E-state index in [1.807, 2.05) is 54.6 Å². The standard InChI is InChI=1S/C24H24N2O3/c1-3-18-9-15-22(16-10-18)29-17-23(27)25-20-13-11-19(12-14-20)24(28)26(2)21-7-5-4-6-8-21/h4-16H,3,17H2,1-2H3,(H,25,27). The molecule has 1 N–H and O–H groups in total. The molecule has 0 aliphatic heterocycles. The Bertz CT molecular complexity index is 952. The Morgan fingerprint density at radius 2 is 1.55 bits per heavy atom. The number of para-hydroxylation sites is 1. The fraction of sp³-hybridized carbons (Fsp3) is 0.167. The number of rotatable bonds is 7. The van der Waals surface area contributed by atoms with Crippen molar-refractivity contribution in [1.82, 2.24) is 0 Å². The summed E-state index contributed by atoms with van der Waals surface area (Å²) in [5.74, 6) is 0.278. The molecule has 0 aliphatic rings. The Kier molecular flexibility index (Phi) is 6.63. The average molecular weight is 388 g/mol. The molecule has 3 rings (SSSR count). The highest BCUT2D eigenvalue weighted by atomic mass is 16.5. The van der Waals surface area contributed by atoms with Gasteiger partial charge >= 0.3 is 0 Å². The van der Waals surface area contributed by atoms with Gasteiger partial charge in [-0.15, -0.1) is 0 Å². The lowest BCUT2D eigenvalue weighted by Gasteiger charge is -2.17. The second-order valence-electron chi connectivity index (χ2n) is 6.61. The summed E-state index contributed by atoms with van der Waals surface area (Å²) in [6.45, 7) is 2.00. The molecule has 0 radical (unpaired) electrons. The lowest BCUT2D eigenvalue weighted by molar-refractivity contribution is -0.118. The van der Waals surface area contributed by atoms with Gasteiger partial charge in [-0.2, -0.15) is 0 Å². The molecule has 3 aromatic carbocycles. The third kappa shape index (κ3) is 5.45. The van der Waals surface area contributed by atoms with Gasteiger partial charge in [-0.3, -0.25) is 9.59 Å². The minimum absolute atomic E-state index is 0.0805. The molecular formula is C24H24N2O3. The first-order chi connectivity index (χ1) is 14.1. The van der Waals surface area contributed by atoms with E-state index in [2.05, 4.69) is 12.2 Å². The summed E-state index contributed by atoms with van der Waals surface area (Å²) in [5.41, 5.74) is 3.19. The summed E-state index contributed by atoms with van der Waals surface area (Å²) in [7, 11) is 1.73. The van der Waals surface area contributed by atoms with Crippen LogP contribution in [0.1, 0.15) is 22.8 Å². The maximum absolute atomic E-state index is 12.6. The van der Waals surface area contributed by atoms with Gasteiger partial charge < -0.3 is 15.0 Å². The molecule has 5 heteroatoms. The van der Waals surface area contributed by atoms with Crippen LogP contribution >= 0.6 is 0 Å². The molecule has 5 nitrogen and oxygen atoms in total. The number of nitrogens with one attached hydrogen (secondary N) is 1. The monoisotopic (exact) mass is 388 g/mol. The number of amides is 2. The van der Waals surface area contributed by atoms with Crippen LogP contribution in [0, 0.1) is 0 Å². The van der Waals surface area contributed by atoms with Gasteiger partial charge in [-0.25, -0.2) is 0 Å². The van der Waals surface area contributed by atoms with Crippen molar-refractivity contribution in [3.8, 4) is 5.75 Å². The van der Waals surface area contributed by atoms with E-state index in [-0.39, 0.29) is 18.4 Å². The molecular weight excluding hydrogens is 364 g/mol. The van der Waals surface area contributed by atoms with Crippen LogP contribution in [0.5, 0.6) is 5.75 Å². The quantitative estimate of drug-likeness (QED) is 0.646. The average Bonchev–Trinajstić information content (AvgIpc) is 2.78. The van der Waals surface area contributed by atoms with Gasteiger partial charge in [0.1, 0.15) is 5.75 Å². The summed E-state index contributed by atoms with van der Waals surface area (Å²) >= 11 is 0. The van der Waals surface area contributed by atoms with E-state index >= 15 is 0 Å². The molecule has 0 unspecified atom stereocenters. The van der Waals surface area contributed by atoms with Crippen LogP contribution in [0.25, 0.3) is 0 Å². The second kappa shape index (κ2) is 9.55. The van der Waals surface area contributed by atoms with Crippen molar-refractivity contribution in [1.29, 1.82) is 0 Å². The topological polar surface area (TPSA) is 58.6 Å². The zero-order valence-corrected chi connectivity index (χ0v) is 16.6. The van der Waals surface area contributed by atoms with E-state index in [9.17, 15) is 9.59 Å². The van der Waals surface area contributed by atoms with Crippen molar-refractivity contribution in [3.05, 3.63) is 90.0 Å². The highest BCUT2D eigenvalue weighted by Gasteiger charge is 2.13. The zero-order valence-electron chi connectivity index (χ0n) is 16.6. The van der Waals surface area contributed by atoms with Crippen molar-refractivity contribution < 1.29 is 14.3 Å². The lowest BCUT2D eigenvalue weighted by Crippen LogP contribution is -2.26. The second-order valence-corrected chi connectivity index (χ2v) is 6.61. The number of aryl methyl sites for hydroxylation is 1. The molecule has 0 spiro atoms. The highest BCUT2D eigenvalue weighted by molar-refractivity contribution is 6.06. The summed E-state index contributed by atoms with van der Waals surface area (Å²) in [4.78, 5) is 26.3. The van der Waals surface area contributed by atoms with Crippen LogP contribution in [0.15, 0.2) is 78.9 Å². The number of nitrogens with zero attached hydrogens (tertiary/aromatic N) is 1. The van der Waals surface area contributed by atoms with Crippen LogP contribution in [0.4, 0.5) is 11.4 Å². The molecule has 3 aromatic rings. The number of carbonyl (C=O) groups excluding carboxylic acids is 2. The Morgan fingerprint density at radius 1 is 0.897 bits per heavy atom. The van der Waals surface area contributed by atoms with Gasteiger partial charge in [0.15, 0.2) is 6.61 Å². The van der Waals surface area contributed by atoms with Crippen LogP contribution in [-0.4, -0.2) is 25.5 Å². The fourth-order valence-corrected chi connectivity index (χ4v) is 2.83. The van der Waals surface area contributed by atoms with Crippen molar-refractivity contribution in [2.24, 2.45) is 0 Å². The normalized spacial score (nSPS) is 10.3. The summed E-state index contributed by atoms with van der Waals surface area (Å²) in [6, 6.07) is 23.9. The minimum Gasteiger partial charge on any atom is -0.484 e. The SMILES string of the molecule is CCc1ccc(OCC(=O)Nc2ccc(C(=O)N(C)c3ccccc3)cc2)cc1. The smallest absolute Gasteiger partial charge is 0.262 e. The maximum atomic E-state index is 12.6. The minimum atomic E-state index is -0.259. The summed E-state index contributed by atoms with van der Waals surface area (Å²) in [5, 5.41) is 2.77. The molecule has 2 amide bonds. The van der Waals surface area contributed by atoms with Gasteiger partial charge in [-0.1, -0.05) is 37.3 Å². The highest BCUT2D eigenvalue weighted by Crippen LogP contribution is 2.17. The first-order valence-electron chi connectivity index (χ1n) is 9.51. The molecule has 0 heterocycles. The van der Waals surface area contributed by atoms with E-state index in [4.69, 9.17) is 4.74 Å². The molecule has 29 heavy (non-hydrogen) atoms. The summed E-state index contributed by atoms with van der Waals surface area (Å²) < 4.78 is 5.51. The predicted octanol–water partition coefficient (Wildman–Crippen LogP) is 4.54. The number of carbonyl (C=O) groups is 2. The van der Waals surface area contributed by atoms with Crippen molar-refractivity contribution in [3.63, 3.8) is 0 Å². The van der Waals surface area contributed by atoms with Crippen LogP contribution < -0.4 is 15.0 Å². The van der Waals surface area contributed by atoms with Crippen molar-refractivity contribution in [2.45, 2.75) is 13.3 Å². The number of anilines is 2. The fourth-order valence-electron chi connectivity index (χ4n) is 2.83. The van der Waals surface area contributed by atoms with E-state index in [0.29, 0.717) is 17.0 Å². The predicted molar refractivity (Wildman–Crippen MR) is 116 cm³/mol. The molecule has 0 saturated heterocycles. The molecule has 0 fully saturated rings. The molecule has 148 valence electrons. The Balaban J connectivity index is 1.54. The number of benzene rings is 3. The third-order valence-corrected chi connectivity index (χ3v) is 4.57. The van der Waals surface area contributed by atoms with Crippen molar-refractivity contribution in [2.75, 3.05) is 23.9 Å². The molecule has 0 saturated carbocycles. The molecule has 0 aromatic heterocycles.